The molecule has 2 aliphatic rings. The highest BCUT2D eigenvalue weighted by molar-refractivity contribution is 6.23. The van der Waals surface area contributed by atoms with Gasteiger partial charge in [-0.25, -0.2) is 4.90 Å². The molecule has 4 aromatic carbocycles. The average Bonchev–Trinajstić information content (AvgIpc) is 3.21. The number of allylic oxidation sites excluding steroid dienone is 2. The van der Waals surface area contributed by atoms with E-state index in [2.05, 4.69) is 12.2 Å². The molecule has 1 heterocycles. The summed E-state index contributed by atoms with van der Waals surface area (Å²) in [5.41, 5.74) is 3.82. The first-order chi connectivity index (χ1) is 18.1. The van der Waals surface area contributed by atoms with Crippen LogP contribution in [0.5, 0.6) is 11.5 Å². The molecule has 1 saturated heterocycles. The van der Waals surface area contributed by atoms with Crippen LogP contribution in [-0.2, 0) is 9.59 Å². The SMILES string of the molecule is Cc1ccc(Oc2ccc(N3C(=O)[C@@H]4[C@H](C3=O)[C@H](c3ccccc3)C=C[C@@H]4c3ccccc3)cc2)cc1. The molecule has 0 radical (unpaired) electrons. The summed E-state index contributed by atoms with van der Waals surface area (Å²) in [7, 11) is 0. The Balaban J connectivity index is 1.34. The zero-order chi connectivity index (χ0) is 25.4. The van der Waals surface area contributed by atoms with Gasteiger partial charge in [0.05, 0.1) is 17.5 Å². The first-order valence-corrected chi connectivity index (χ1v) is 12.6. The first kappa shape index (κ1) is 23.0. The van der Waals surface area contributed by atoms with Crippen LogP contribution >= 0.6 is 0 Å². The molecular weight excluding hydrogens is 458 g/mol. The molecule has 0 unspecified atom stereocenters. The summed E-state index contributed by atoms with van der Waals surface area (Å²) in [5, 5.41) is 0. The third-order valence-electron chi connectivity index (χ3n) is 7.42. The van der Waals surface area contributed by atoms with E-state index in [4.69, 9.17) is 4.74 Å². The van der Waals surface area contributed by atoms with Crippen molar-refractivity contribution in [3.05, 3.63) is 138 Å². The number of rotatable bonds is 5. The van der Waals surface area contributed by atoms with Crippen molar-refractivity contribution in [1.82, 2.24) is 0 Å². The first-order valence-electron chi connectivity index (χ1n) is 12.6. The van der Waals surface area contributed by atoms with Gasteiger partial charge in [0.15, 0.2) is 0 Å². The fraction of sp³-hybridized carbons (Fsp3) is 0.152. The fourth-order valence-electron chi connectivity index (χ4n) is 5.59. The van der Waals surface area contributed by atoms with E-state index in [1.54, 1.807) is 24.3 Å². The van der Waals surface area contributed by atoms with Gasteiger partial charge < -0.3 is 4.74 Å². The molecule has 1 aliphatic heterocycles. The van der Waals surface area contributed by atoms with E-state index in [0.717, 1.165) is 22.4 Å². The molecule has 0 saturated carbocycles. The molecule has 0 N–H and O–H groups in total. The second-order valence-electron chi connectivity index (χ2n) is 9.73. The highest BCUT2D eigenvalue weighted by Crippen LogP contribution is 2.50. The quantitative estimate of drug-likeness (QED) is 0.225. The topological polar surface area (TPSA) is 46.6 Å². The predicted octanol–water partition coefficient (Wildman–Crippen LogP) is 7.03. The van der Waals surface area contributed by atoms with Crippen LogP contribution in [-0.4, -0.2) is 11.8 Å². The Morgan fingerprint density at radius 2 is 1.00 bits per heavy atom. The third-order valence-corrected chi connectivity index (χ3v) is 7.42. The van der Waals surface area contributed by atoms with Crippen molar-refractivity contribution in [3.63, 3.8) is 0 Å². The molecule has 37 heavy (non-hydrogen) atoms. The summed E-state index contributed by atoms with van der Waals surface area (Å²) in [6.07, 6.45) is 4.22. The number of amides is 2. The van der Waals surface area contributed by atoms with Gasteiger partial charge in [-0.05, 0) is 54.4 Å². The maximum atomic E-state index is 14.0. The molecule has 4 heteroatoms. The van der Waals surface area contributed by atoms with Crippen LogP contribution in [0.1, 0.15) is 28.5 Å². The Labute approximate surface area is 216 Å². The molecule has 4 nitrogen and oxygen atoms in total. The monoisotopic (exact) mass is 485 g/mol. The molecule has 4 aromatic rings. The van der Waals surface area contributed by atoms with Gasteiger partial charge in [0.25, 0.3) is 0 Å². The summed E-state index contributed by atoms with van der Waals surface area (Å²) in [5.74, 6) is -0.159. The molecule has 1 fully saturated rings. The normalized spacial score (nSPS) is 22.7. The van der Waals surface area contributed by atoms with Crippen LogP contribution in [0.3, 0.4) is 0 Å². The summed E-state index contributed by atoms with van der Waals surface area (Å²) in [6, 6.07) is 35.0. The number of carbonyl (C=O) groups excluding carboxylic acids is 2. The summed E-state index contributed by atoms with van der Waals surface area (Å²) in [6.45, 7) is 2.03. The highest BCUT2D eigenvalue weighted by Gasteiger charge is 2.55. The number of imide groups is 1. The lowest BCUT2D eigenvalue weighted by atomic mass is 9.68. The number of anilines is 1. The Morgan fingerprint density at radius 1 is 0.568 bits per heavy atom. The van der Waals surface area contributed by atoms with Crippen LogP contribution in [0.2, 0.25) is 0 Å². The fourth-order valence-corrected chi connectivity index (χ4v) is 5.59. The molecule has 1 aliphatic carbocycles. The van der Waals surface area contributed by atoms with Crippen molar-refractivity contribution in [3.8, 4) is 11.5 Å². The molecule has 0 bridgehead atoms. The van der Waals surface area contributed by atoms with E-state index in [9.17, 15) is 9.59 Å². The standard InChI is InChI=1S/C33H27NO3/c1-22-12-16-26(17-13-22)37-27-18-14-25(15-19-27)34-32(35)30-28(23-8-4-2-5-9-23)20-21-29(31(30)33(34)36)24-10-6-3-7-11-24/h2-21,28-31H,1H3/t28-,29+,30+,31-. The van der Waals surface area contributed by atoms with Gasteiger partial charge in [-0.1, -0.05) is 90.5 Å². The lowest BCUT2D eigenvalue weighted by Gasteiger charge is -2.32. The molecule has 0 aromatic heterocycles. The number of benzene rings is 4. The second-order valence-corrected chi connectivity index (χ2v) is 9.73. The zero-order valence-corrected chi connectivity index (χ0v) is 20.5. The second kappa shape index (κ2) is 9.55. The van der Waals surface area contributed by atoms with Gasteiger partial charge in [-0.2, -0.15) is 0 Å². The molecular formula is C33H27NO3. The zero-order valence-electron chi connectivity index (χ0n) is 20.5. The lowest BCUT2D eigenvalue weighted by Crippen LogP contribution is -2.31. The maximum absolute atomic E-state index is 14.0. The largest absolute Gasteiger partial charge is 0.457 e. The van der Waals surface area contributed by atoms with Gasteiger partial charge in [0, 0.05) is 11.8 Å². The smallest absolute Gasteiger partial charge is 0.238 e. The van der Waals surface area contributed by atoms with Crippen molar-refractivity contribution in [2.45, 2.75) is 18.8 Å². The van der Waals surface area contributed by atoms with E-state index in [0.29, 0.717) is 11.4 Å². The number of nitrogens with zero attached hydrogens (tertiary/aromatic N) is 1. The van der Waals surface area contributed by atoms with Crippen LogP contribution in [0.4, 0.5) is 5.69 Å². The minimum Gasteiger partial charge on any atom is -0.457 e. The van der Waals surface area contributed by atoms with E-state index >= 15 is 0 Å². The Kier molecular flexibility index (Phi) is 5.93. The number of hydrogen-bond acceptors (Lipinski definition) is 3. The Hall–Kier alpha value is -4.44. The van der Waals surface area contributed by atoms with Gasteiger partial charge in [-0.15, -0.1) is 0 Å². The van der Waals surface area contributed by atoms with E-state index in [1.807, 2.05) is 91.9 Å². The van der Waals surface area contributed by atoms with E-state index < -0.39 is 11.8 Å². The third kappa shape index (κ3) is 4.25. The van der Waals surface area contributed by atoms with Crippen molar-refractivity contribution in [2.24, 2.45) is 11.8 Å². The van der Waals surface area contributed by atoms with Gasteiger partial charge in [0.2, 0.25) is 11.8 Å². The van der Waals surface area contributed by atoms with E-state index in [1.165, 1.54) is 4.90 Å². The predicted molar refractivity (Wildman–Crippen MR) is 145 cm³/mol. The molecule has 6 rings (SSSR count). The number of carbonyl (C=O) groups is 2. The van der Waals surface area contributed by atoms with Gasteiger partial charge in [-0.3, -0.25) is 9.59 Å². The summed E-state index contributed by atoms with van der Waals surface area (Å²) < 4.78 is 5.95. The van der Waals surface area contributed by atoms with Crippen molar-refractivity contribution < 1.29 is 14.3 Å². The van der Waals surface area contributed by atoms with Gasteiger partial charge >= 0.3 is 0 Å². The minimum absolute atomic E-state index is 0.152. The highest BCUT2D eigenvalue weighted by atomic mass is 16.5. The average molecular weight is 486 g/mol. The number of aryl methyl sites for hydroxylation is 1. The summed E-state index contributed by atoms with van der Waals surface area (Å²) in [4.78, 5) is 29.3. The van der Waals surface area contributed by atoms with E-state index in [-0.39, 0.29) is 23.7 Å². The Morgan fingerprint density at radius 3 is 1.46 bits per heavy atom. The Bertz CT molecular complexity index is 1380. The van der Waals surface area contributed by atoms with Crippen molar-refractivity contribution in [1.29, 1.82) is 0 Å². The van der Waals surface area contributed by atoms with Crippen molar-refractivity contribution >= 4 is 17.5 Å². The number of ether oxygens (including phenoxy) is 1. The molecule has 4 atom stereocenters. The summed E-state index contributed by atoms with van der Waals surface area (Å²) >= 11 is 0. The van der Waals surface area contributed by atoms with Crippen molar-refractivity contribution in [2.75, 3.05) is 4.90 Å². The lowest BCUT2D eigenvalue weighted by molar-refractivity contribution is -0.122. The molecule has 0 spiro atoms. The van der Waals surface area contributed by atoms with Crippen LogP contribution in [0.15, 0.2) is 121 Å². The number of hydrogen-bond donors (Lipinski definition) is 0. The minimum atomic E-state index is -0.464. The van der Waals surface area contributed by atoms with Crippen LogP contribution in [0.25, 0.3) is 0 Å². The number of fused-ring (bicyclic) bond motifs is 1. The molecule has 182 valence electrons. The maximum Gasteiger partial charge on any atom is 0.238 e. The molecule has 2 amide bonds. The van der Waals surface area contributed by atoms with Crippen LogP contribution < -0.4 is 9.64 Å². The van der Waals surface area contributed by atoms with Crippen LogP contribution in [0, 0.1) is 18.8 Å². The van der Waals surface area contributed by atoms with Gasteiger partial charge in [0.1, 0.15) is 11.5 Å².